The molecular weight excluding hydrogens is 236 g/mol. The molecule has 0 bridgehead atoms. The molecule has 0 saturated carbocycles. The first kappa shape index (κ1) is 14.5. The van der Waals surface area contributed by atoms with Crippen LogP contribution >= 0.6 is 0 Å². The summed E-state index contributed by atoms with van der Waals surface area (Å²) in [6, 6.07) is 9.26. The highest BCUT2D eigenvalue weighted by molar-refractivity contribution is 5.27. The molecule has 19 heavy (non-hydrogen) atoms. The number of rotatable bonds is 4. The minimum absolute atomic E-state index is 0.322. The van der Waals surface area contributed by atoms with Gasteiger partial charge in [0.2, 0.25) is 0 Å². The minimum Gasteiger partial charge on any atom is -0.380 e. The van der Waals surface area contributed by atoms with Crippen molar-refractivity contribution < 1.29 is 4.74 Å². The van der Waals surface area contributed by atoms with Gasteiger partial charge in [-0.2, -0.15) is 0 Å². The number of hydrogen-bond donors (Lipinski definition) is 1. The molecule has 1 unspecified atom stereocenters. The van der Waals surface area contributed by atoms with Gasteiger partial charge >= 0.3 is 0 Å². The number of benzene rings is 1. The Labute approximate surface area is 116 Å². The van der Waals surface area contributed by atoms with Crippen molar-refractivity contribution >= 4 is 0 Å². The molecule has 2 N–H and O–H groups in total. The molecule has 1 atom stereocenters. The van der Waals surface area contributed by atoms with Crippen LogP contribution in [0.3, 0.4) is 0 Å². The van der Waals surface area contributed by atoms with Gasteiger partial charge in [0.15, 0.2) is 0 Å². The van der Waals surface area contributed by atoms with Crippen LogP contribution < -0.4 is 5.73 Å². The molecule has 2 rings (SSSR count). The van der Waals surface area contributed by atoms with E-state index in [4.69, 9.17) is 10.5 Å². The SMILES string of the molecule is CC(C)c1ccc(C(CN)N2CCCOCC2)cc1. The van der Waals surface area contributed by atoms with Crippen molar-refractivity contribution in [3.05, 3.63) is 35.4 Å². The lowest BCUT2D eigenvalue weighted by Gasteiger charge is -2.29. The van der Waals surface area contributed by atoms with E-state index in [2.05, 4.69) is 43.0 Å². The van der Waals surface area contributed by atoms with E-state index in [1.165, 1.54) is 11.1 Å². The fourth-order valence-corrected chi connectivity index (χ4v) is 2.68. The third kappa shape index (κ3) is 3.78. The number of nitrogens with two attached hydrogens (primary N) is 1. The van der Waals surface area contributed by atoms with Gasteiger partial charge in [0.1, 0.15) is 0 Å². The van der Waals surface area contributed by atoms with E-state index in [0.29, 0.717) is 18.5 Å². The van der Waals surface area contributed by atoms with Crippen LogP contribution in [0.1, 0.15) is 43.4 Å². The molecule has 1 aromatic carbocycles. The summed E-state index contributed by atoms with van der Waals surface area (Å²) in [6.07, 6.45) is 1.10. The lowest BCUT2D eigenvalue weighted by atomic mass is 9.98. The van der Waals surface area contributed by atoms with Crippen molar-refractivity contribution in [2.24, 2.45) is 5.73 Å². The Hall–Kier alpha value is -0.900. The quantitative estimate of drug-likeness (QED) is 0.906. The zero-order chi connectivity index (χ0) is 13.7. The summed E-state index contributed by atoms with van der Waals surface area (Å²) < 4.78 is 5.52. The zero-order valence-corrected chi connectivity index (χ0v) is 12.1. The third-order valence-corrected chi connectivity index (χ3v) is 3.91. The molecule has 0 amide bonds. The van der Waals surface area contributed by atoms with E-state index >= 15 is 0 Å². The summed E-state index contributed by atoms with van der Waals surface area (Å²) in [5.74, 6) is 0.581. The average Bonchev–Trinajstić information content (AvgIpc) is 2.69. The summed E-state index contributed by atoms with van der Waals surface area (Å²) in [5.41, 5.74) is 8.72. The summed E-state index contributed by atoms with van der Waals surface area (Å²) >= 11 is 0. The third-order valence-electron chi connectivity index (χ3n) is 3.91. The minimum atomic E-state index is 0.322. The van der Waals surface area contributed by atoms with Gasteiger partial charge < -0.3 is 10.5 Å². The first-order chi connectivity index (χ1) is 9.22. The number of hydrogen-bond acceptors (Lipinski definition) is 3. The van der Waals surface area contributed by atoms with E-state index in [1.54, 1.807) is 0 Å². The predicted molar refractivity (Wildman–Crippen MR) is 79.3 cm³/mol. The standard InChI is InChI=1S/C16H26N2O/c1-13(2)14-4-6-15(7-5-14)16(12-17)18-8-3-10-19-11-9-18/h4-7,13,16H,3,8-12,17H2,1-2H3. The summed E-state index contributed by atoms with van der Waals surface area (Å²) in [4.78, 5) is 2.46. The fraction of sp³-hybridized carbons (Fsp3) is 0.625. The van der Waals surface area contributed by atoms with Gasteiger partial charge in [-0.1, -0.05) is 38.1 Å². The molecule has 3 heteroatoms. The molecule has 3 nitrogen and oxygen atoms in total. The van der Waals surface area contributed by atoms with Crippen LogP contribution in [0, 0.1) is 0 Å². The molecule has 1 aliphatic rings. The summed E-state index contributed by atoms with van der Waals surface area (Å²) in [6.45, 7) is 8.87. The molecule has 0 aromatic heterocycles. The molecule has 1 saturated heterocycles. The van der Waals surface area contributed by atoms with E-state index in [9.17, 15) is 0 Å². The Morgan fingerprint density at radius 2 is 1.79 bits per heavy atom. The van der Waals surface area contributed by atoms with Crippen LogP contribution in [0.5, 0.6) is 0 Å². The van der Waals surface area contributed by atoms with Crippen molar-refractivity contribution in [3.8, 4) is 0 Å². The maximum absolute atomic E-state index is 6.00. The van der Waals surface area contributed by atoms with Gasteiger partial charge in [-0.05, 0) is 23.5 Å². The van der Waals surface area contributed by atoms with Gasteiger partial charge in [0.25, 0.3) is 0 Å². The molecule has 106 valence electrons. The molecule has 1 heterocycles. The Morgan fingerprint density at radius 1 is 1.11 bits per heavy atom. The van der Waals surface area contributed by atoms with Gasteiger partial charge in [0.05, 0.1) is 6.61 Å². The van der Waals surface area contributed by atoms with Crippen molar-refractivity contribution in [3.63, 3.8) is 0 Å². The Kier molecular flexibility index (Phi) is 5.37. The van der Waals surface area contributed by atoms with Crippen LogP contribution in [0.25, 0.3) is 0 Å². The molecule has 0 spiro atoms. The van der Waals surface area contributed by atoms with Gasteiger partial charge in [-0.25, -0.2) is 0 Å². The van der Waals surface area contributed by atoms with Gasteiger partial charge in [0, 0.05) is 32.3 Å². The maximum Gasteiger partial charge on any atom is 0.0593 e. The van der Waals surface area contributed by atoms with E-state index in [1.807, 2.05) is 0 Å². The maximum atomic E-state index is 6.00. The smallest absolute Gasteiger partial charge is 0.0593 e. The van der Waals surface area contributed by atoms with Crippen molar-refractivity contribution in [1.29, 1.82) is 0 Å². The van der Waals surface area contributed by atoms with Crippen LogP contribution in [-0.2, 0) is 4.74 Å². The highest BCUT2D eigenvalue weighted by Crippen LogP contribution is 2.23. The van der Waals surface area contributed by atoms with Crippen molar-refractivity contribution in [1.82, 2.24) is 4.90 Å². The molecule has 1 aromatic rings. The lowest BCUT2D eigenvalue weighted by Crippen LogP contribution is -2.35. The fourth-order valence-electron chi connectivity index (χ4n) is 2.68. The monoisotopic (exact) mass is 262 g/mol. The van der Waals surface area contributed by atoms with Crippen LogP contribution in [0.4, 0.5) is 0 Å². The summed E-state index contributed by atoms with van der Waals surface area (Å²) in [7, 11) is 0. The zero-order valence-electron chi connectivity index (χ0n) is 12.1. The second kappa shape index (κ2) is 7.04. The van der Waals surface area contributed by atoms with Crippen LogP contribution in [0.2, 0.25) is 0 Å². The van der Waals surface area contributed by atoms with Crippen molar-refractivity contribution in [2.45, 2.75) is 32.2 Å². The van der Waals surface area contributed by atoms with Crippen LogP contribution in [0.15, 0.2) is 24.3 Å². The molecule has 0 aliphatic carbocycles. The molecule has 1 fully saturated rings. The van der Waals surface area contributed by atoms with Crippen molar-refractivity contribution in [2.75, 3.05) is 32.8 Å². The summed E-state index contributed by atoms with van der Waals surface area (Å²) in [5, 5.41) is 0. The second-order valence-electron chi connectivity index (χ2n) is 5.57. The highest BCUT2D eigenvalue weighted by atomic mass is 16.5. The largest absolute Gasteiger partial charge is 0.380 e. The topological polar surface area (TPSA) is 38.5 Å². The van der Waals surface area contributed by atoms with E-state index in [-0.39, 0.29) is 0 Å². The Balaban J connectivity index is 2.11. The van der Waals surface area contributed by atoms with Gasteiger partial charge in [-0.15, -0.1) is 0 Å². The molecule has 0 radical (unpaired) electrons. The van der Waals surface area contributed by atoms with Gasteiger partial charge in [-0.3, -0.25) is 4.90 Å². The first-order valence-corrected chi connectivity index (χ1v) is 7.34. The predicted octanol–water partition coefficient (Wildman–Crippen LogP) is 2.53. The molecular formula is C16H26N2O. The highest BCUT2D eigenvalue weighted by Gasteiger charge is 2.20. The number of nitrogens with zero attached hydrogens (tertiary/aromatic N) is 1. The van der Waals surface area contributed by atoms with Crippen LogP contribution in [-0.4, -0.2) is 37.7 Å². The first-order valence-electron chi connectivity index (χ1n) is 7.34. The Morgan fingerprint density at radius 3 is 2.42 bits per heavy atom. The Bertz CT molecular complexity index is 367. The normalized spacial score (nSPS) is 19.4. The van der Waals surface area contributed by atoms with E-state index in [0.717, 1.165) is 32.7 Å². The van der Waals surface area contributed by atoms with E-state index < -0.39 is 0 Å². The molecule has 1 aliphatic heterocycles. The average molecular weight is 262 g/mol. The second-order valence-corrected chi connectivity index (χ2v) is 5.57. The lowest BCUT2D eigenvalue weighted by molar-refractivity contribution is 0.132. The number of ether oxygens (including phenoxy) is 1.